The summed E-state index contributed by atoms with van der Waals surface area (Å²) in [5.41, 5.74) is 0.688. The van der Waals surface area contributed by atoms with Crippen LogP contribution in [0.2, 0.25) is 0 Å². The van der Waals surface area contributed by atoms with Crippen molar-refractivity contribution in [3.8, 4) is 0 Å². The number of nitrogens with one attached hydrogen (secondary N) is 1. The smallest absolute Gasteiger partial charge is 0.231 e. The first-order valence-electron chi connectivity index (χ1n) is 5.42. The molecule has 1 aromatic heterocycles. The average Bonchev–Trinajstić information content (AvgIpc) is 2.31. The normalized spacial score (nSPS) is 11.4. The van der Waals surface area contributed by atoms with Gasteiger partial charge in [0.2, 0.25) is 5.91 Å². The highest BCUT2D eigenvalue weighted by molar-refractivity contribution is 9.10. The summed E-state index contributed by atoms with van der Waals surface area (Å²) in [7, 11) is 0. The van der Waals surface area contributed by atoms with E-state index < -0.39 is 0 Å². The van der Waals surface area contributed by atoms with Crippen molar-refractivity contribution in [1.29, 1.82) is 0 Å². The minimum atomic E-state index is -0.372. The molecule has 0 saturated carbocycles. The lowest BCUT2D eigenvalue weighted by Crippen LogP contribution is -2.30. The summed E-state index contributed by atoms with van der Waals surface area (Å²) in [5.74, 6) is 0.588. The molecule has 0 fully saturated rings. The molecule has 1 rings (SSSR count). The van der Waals surface area contributed by atoms with Crippen molar-refractivity contribution in [3.05, 3.63) is 22.3 Å². The molecule has 1 amide bonds. The number of amides is 1. The minimum absolute atomic E-state index is 0.00431. The Hall–Kier alpha value is -0.420. The summed E-state index contributed by atoms with van der Waals surface area (Å²) >= 11 is 6.80. The van der Waals surface area contributed by atoms with Gasteiger partial charge in [-0.1, -0.05) is 36.7 Å². The van der Waals surface area contributed by atoms with Crippen LogP contribution in [0.15, 0.2) is 16.7 Å². The first-order chi connectivity index (χ1) is 7.90. The number of rotatable bonds is 4. The first-order valence-corrected chi connectivity index (χ1v) is 7.34. The molecule has 0 aliphatic rings. The molecular weight excluding hydrogens is 348 g/mol. The lowest BCUT2D eigenvalue weighted by molar-refractivity contribution is -0.124. The van der Waals surface area contributed by atoms with Gasteiger partial charge in [-0.15, -0.1) is 0 Å². The Morgan fingerprint density at radius 3 is 2.71 bits per heavy atom. The highest BCUT2D eigenvalue weighted by Crippen LogP contribution is 2.24. The number of hydrogen-bond acceptors (Lipinski definition) is 2. The summed E-state index contributed by atoms with van der Waals surface area (Å²) in [6.07, 6.45) is 2.49. The van der Waals surface area contributed by atoms with Crippen molar-refractivity contribution >= 4 is 43.6 Å². The van der Waals surface area contributed by atoms with E-state index in [4.69, 9.17) is 0 Å². The molecule has 0 atom stereocenters. The van der Waals surface area contributed by atoms with Crippen molar-refractivity contribution in [3.63, 3.8) is 0 Å². The molecule has 0 bridgehead atoms. The lowest BCUT2D eigenvalue weighted by atomic mass is 9.89. The fourth-order valence-corrected chi connectivity index (χ4v) is 2.29. The van der Waals surface area contributed by atoms with Crippen LogP contribution in [0.5, 0.6) is 0 Å². The molecule has 0 saturated heterocycles. The summed E-state index contributed by atoms with van der Waals surface area (Å²) in [5, 5.41) is 3.56. The van der Waals surface area contributed by atoms with Gasteiger partial charge in [-0.05, 0) is 34.0 Å². The zero-order valence-corrected chi connectivity index (χ0v) is 13.4. The fraction of sp³-hybridized carbons (Fsp3) is 0.500. The number of aromatic nitrogens is 1. The van der Waals surface area contributed by atoms with Crippen LogP contribution in [-0.2, 0) is 10.1 Å². The third-order valence-corrected chi connectivity index (χ3v) is 4.14. The molecule has 3 nitrogen and oxygen atoms in total. The Balaban J connectivity index is 2.86. The molecule has 0 aliphatic carbocycles. The molecular formula is C12H16Br2N2O. The Bertz CT molecular complexity index is 419. The second kappa shape index (κ2) is 5.96. The highest BCUT2D eigenvalue weighted by Gasteiger charge is 2.25. The van der Waals surface area contributed by atoms with Crippen LogP contribution in [-0.4, -0.2) is 10.9 Å². The average molecular weight is 364 g/mol. The van der Waals surface area contributed by atoms with Crippen molar-refractivity contribution in [2.75, 3.05) is 5.32 Å². The summed E-state index contributed by atoms with van der Waals surface area (Å²) in [6.45, 7) is 5.84. The van der Waals surface area contributed by atoms with Gasteiger partial charge in [0.1, 0.15) is 5.82 Å². The molecule has 0 aromatic carbocycles. The van der Waals surface area contributed by atoms with E-state index in [0.29, 0.717) is 5.82 Å². The molecule has 0 spiro atoms. The Kier molecular flexibility index (Phi) is 5.13. The third kappa shape index (κ3) is 3.78. The van der Waals surface area contributed by atoms with Gasteiger partial charge in [-0.3, -0.25) is 4.79 Å². The van der Waals surface area contributed by atoms with E-state index in [1.165, 1.54) is 0 Å². The summed E-state index contributed by atoms with van der Waals surface area (Å²) in [6, 6.07) is 1.86. The summed E-state index contributed by atoms with van der Waals surface area (Å²) in [4.78, 5) is 16.2. The number of hydrogen-bond donors (Lipinski definition) is 1. The second-order valence-electron chi connectivity index (χ2n) is 4.49. The monoisotopic (exact) mass is 362 g/mol. The molecule has 94 valence electrons. The molecule has 0 aliphatic heterocycles. The number of halogens is 2. The van der Waals surface area contributed by atoms with Crippen molar-refractivity contribution in [1.82, 2.24) is 4.98 Å². The van der Waals surface area contributed by atoms with Gasteiger partial charge in [-0.2, -0.15) is 0 Å². The maximum absolute atomic E-state index is 12.0. The van der Waals surface area contributed by atoms with Gasteiger partial charge < -0.3 is 5.32 Å². The van der Waals surface area contributed by atoms with Crippen LogP contribution in [0.3, 0.4) is 0 Å². The number of alkyl halides is 1. The topological polar surface area (TPSA) is 42.0 Å². The van der Waals surface area contributed by atoms with Gasteiger partial charge in [0, 0.05) is 21.4 Å². The molecule has 1 aromatic rings. The highest BCUT2D eigenvalue weighted by atomic mass is 79.9. The molecule has 1 heterocycles. The molecule has 5 heteroatoms. The standard InChI is InChI=1S/C12H16Br2N2O/c1-4-12(2,3)11(17)16-10-5-8(6-13)9(14)7-15-10/h5,7H,4,6H2,1-3H3,(H,15,16,17). The molecule has 0 radical (unpaired) electrons. The van der Waals surface area contributed by atoms with Crippen LogP contribution >= 0.6 is 31.9 Å². The lowest BCUT2D eigenvalue weighted by Gasteiger charge is -2.21. The van der Waals surface area contributed by atoms with E-state index >= 15 is 0 Å². The Labute approximate surface area is 119 Å². The zero-order valence-electron chi connectivity index (χ0n) is 10.2. The first kappa shape index (κ1) is 14.6. The van der Waals surface area contributed by atoms with Crippen molar-refractivity contribution in [2.24, 2.45) is 5.41 Å². The second-order valence-corrected chi connectivity index (χ2v) is 5.90. The molecule has 0 unspecified atom stereocenters. The maximum atomic E-state index is 12.0. The predicted molar refractivity (Wildman–Crippen MR) is 77.3 cm³/mol. The van der Waals surface area contributed by atoms with E-state index in [9.17, 15) is 4.79 Å². The number of carbonyl (C=O) groups excluding carboxylic acids is 1. The van der Waals surface area contributed by atoms with E-state index in [2.05, 4.69) is 42.2 Å². The van der Waals surface area contributed by atoms with Gasteiger partial charge in [0.15, 0.2) is 0 Å². The third-order valence-electron chi connectivity index (χ3n) is 2.82. The summed E-state index contributed by atoms with van der Waals surface area (Å²) < 4.78 is 0.933. The van der Waals surface area contributed by atoms with Gasteiger partial charge in [-0.25, -0.2) is 4.98 Å². The molecule has 1 N–H and O–H groups in total. The van der Waals surface area contributed by atoms with Crippen molar-refractivity contribution < 1.29 is 4.79 Å². The zero-order chi connectivity index (χ0) is 13.1. The van der Waals surface area contributed by atoms with Crippen LogP contribution in [0, 0.1) is 5.41 Å². The largest absolute Gasteiger partial charge is 0.310 e. The fourth-order valence-electron chi connectivity index (χ4n) is 1.10. The Morgan fingerprint density at radius 2 is 2.18 bits per heavy atom. The van der Waals surface area contributed by atoms with Crippen LogP contribution in [0.25, 0.3) is 0 Å². The predicted octanol–water partition coefficient (Wildman–Crippen LogP) is 4.11. The van der Waals surface area contributed by atoms with Gasteiger partial charge >= 0.3 is 0 Å². The SMILES string of the molecule is CCC(C)(C)C(=O)Nc1cc(CBr)c(Br)cn1. The van der Waals surface area contributed by atoms with E-state index in [-0.39, 0.29) is 11.3 Å². The van der Waals surface area contributed by atoms with Crippen molar-refractivity contribution in [2.45, 2.75) is 32.5 Å². The van der Waals surface area contributed by atoms with Gasteiger partial charge in [0.05, 0.1) is 0 Å². The van der Waals surface area contributed by atoms with Gasteiger partial charge in [0.25, 0.3) is 0 Å². The van der Waals surface area contributed by atoms with E-state index in [0.717, 1.165) is 21.8 Å². The van der Waals surface area contributed by atoms with E-state index in [1.54, 1.807) is 6.20 Å². The number of nitrogens with zero attached hydrogens (tertiary/aromatic N) is 1. The van der Waals surface area contributed by atoms with E-state index in [1.807, 2.05) is 26.8 Å². The Morgan fingerprint density at radius 1 is 1.53 bits per heavy atom. The van der Waals surface area contributed by atoms with Crippen LogP contribution in [0.4, 0.5) is 5.82 Å². The maximum Gasteiger partial charge on any atom is 0.231 e. The van der Waals surface area contributed by atoms with Crippen LogP contribution in [0.1, 0.15) is 32.8 Å². The quantitative estimate of drug-likeness (QED) is 0.817. The number of anilines is 1. The number of carbonyl (C=O) groups is 1. The molecule has 17 heavy (non-hydrogen) atoms. The number of pyridine rings is 1. The van der Waals surface area contributed by atoms with Crippen LogP contribution < -0.4 is 5.32 Å². The minimum Gasteiger partial charge on any atom is -0.310 e.